The van der Waals surface area contributed by atoms with Crippen LogP contribution >= 0.6 is 0 Å². The molecule has 2 aromatic rings. The second-order valence-electron chi connectivity index (χ2n) is 4.91. The van der Waals surface area contributed by atoms with Crippen LogP contribution in [0.5, 0.6) is 11.5 Å². The van der Waals surface area contributed by atoms with Crippen LogP contribution in [0.4, 0.5) is 0 Å². The van der Waals surface area contributed by atoms with E-state index in [0.29, 0.717) is 6.54 Å². The van der Waals surface area contributed by atoms with E-state index in [1.54, 1.807) is 7.11 Å². The molecule has 0 saturated carbocycles. The van der Waals surface area contributed by atoms with Crippen molar-refractivity contribution >= 4 is 5.91 Å². The lowest BCUT2D eigenvalue weighted by Gasteiger charge is -2.09. The first-order valence-corrected chi connectivity index (χ1v) is 7.32. The predicted octanol–water partition coefficient (Wildman–Crippen LogP) is 2.95. The van der Waals surface area contributed by atoms with Gasteiger partial charge in [0.15, 0.2) is 6.61 Å². The number of ether oxygens (including phenoxy) is 2. The van der Waals surface area contributed by atoms with Crippen LogP contribution in [0.3, 0.4) is 0 Å². The summed E-state index contributed by atoms with van der Waals surface area (Å²) in [5.41, 5.74) is 2.21. The number of hydrogen-bond acceptors (Lipinski definition) is 3. The third-order valence-electron chi connectivity index (χ3n) is 3.33. The van der Waals surface area contributed by atoms with Gasteiger partial charge in [0, 0.05) is 6.54 Å². The van der Waals surface area contributed by atoms with Gasteiger partial charge in [-0.05, 0) is 41.8 Å². The highest BCUT2D eigenvalue weighted by atomic mass is 16.5. The van der Waals surface area contributed by atoms with E-state index < -0.39 is 0 Å². The number of nitrogens with one attached hydrogen (secondary N) is 1. The Hall–Kier alpha value is -2.49. The molecular weight excluding hydrogens is 278 g/mol. The molecule has 0 saturated heterocycles. The molecule has 0 bridgehead atoms. The standard InChI is InChI=1S/C18H21NO3/c1-3-14-5-4-6-17(11-14)22-13-18(20)19-12-15-7-9-16(21-2)10-8-15/h4-11H,3,12-13H2,1-2H3,(H,19,20). The van der Waals surface area contributed by atoms with Gasteiger partial charge < -0.3 is 14.8 Å². The van der Waals surface area contributed by atoms with Crippen molar-refractivity contribution < 1.29 is 14.3 Å². The fraction of sp³-hybridized carbons (Fsp3) is 0.278. The van der Waals surface area contributed by atoms with Crippen LogP contribution in [0.2, 0.25) is 0 Å². The van der Waals surface area contributed by atoms with Crippen LogP contribution in [0, 0.1) is 0 Å². The number of carbonyl (C=O) groups excluding carboxylic acids is 1. The van der Waals surface area contributed by atoms with Gasteiger partial charge in [-0.25, -0.2) is 0 Å². The fourth-order valence-electron chi connectivity index (χ4n) is 2.00. The highest BCUT2D eigenvalue weighted by molar-refractivity contribution is 5.77. The topological polar surface area (TPSA) is 47.6 Å². The average Bonchev–Trinajstić information content (AvgIpc) is 2.58. The van der Waals surface area contributed by atoms with Crippen LogP contribution in [-0.4, -0.2) is 19.6 Å². The highest BCUT2D eigenvalue weighted by Gasteiger charge is 2.03. The molecule has 0 fully saturated rings. The minimum Gasteiger partial charge on any atom is -0.497 e. The fourth-order valence-corrected chi connectivity index (χ4v) is 2.00. The molecule has 0 atom stereocenters. The van der Waals surface area contributed by atoms with E-state index in [-0.39, 0.29) is 12.5 Å². The molecule has 0 heterocycles. The monoisotopic (exact) mass is 299 g/mol. The van der Waals surface area contributed by atoms with Gasteiger partial charge in [-0.3, -0.25) is 4.79 Å². The number of amides is 1. The summed E-state index contributed by atoms with van der Waals surface area (Å²) >= 11 is 0. The maximum atomic E-state index is 11.8. The Morgan fingerprint density at radius 1 is 1.05 bits per heavy atom. The molecular formula is C18H21NO3. The molecule has 22 heavy (non-hydrogen) atoms. The molecule has 2 aromatic carbocycles. The van der Waals surface area contributed by atoms with E-state index in [2.05, 4.69) is 12.2 Å². The Balaban J connectivity index is 1.77. The zero-order valence-corrected chi connectivity index (χ0v) is 13.0. The van der Waals surface area contributed by atoms with Gasteiger partial charge in [-0.15, -0.1) is 0 Å². The Labute approximate surface area is 131 Å². The highest BCUT2D eigenvalue weighted by Crippen LogP contribution is 2.13. The van der Waals surface area contributed by atoms with Gasteiger partial charge in [-0.2, -0.15) is 0 Å². The van der Waals surface area contributed by atoms with Crippen LogP contribution in [0.1, 0.15) is 18.1 Å². The van der Waals surface area contributed by atoms with Crippen molar-refractivity contribution in [3.8, 4) is 11.5 Å². The van der Waals surface area contributed by atoms with Gasteiger partial charge >= 0.3 is 0 Å². The van der Waals surface area contributed by atoms with Gasteiger partial charge in [-0.1, -0.05) is 31.2 Å². The molecule has 2 rings (SSSR count). The molecule has 0 aliphatic carbocycles. The zero-order valence-electron chi connectivity index (χ0n) is 13.0. The van der Waals surface area contributed by atoms with Crippen molar-refractivity contribution in [3.05, 3.63) is 59.7 Å². The minimum absolute atomic E-state index is 0.0172. The first kappa shape index (κ1) is 15.9. The maximum absolute atomic E-state index is 11.8. The largest absolute Gasteiger partial charge is 0.497 e. The summed E-state index contributed by atoms with van der Waals surface area (Å²) < 4.78 is 10.6. The molecule has 0 aliphatic rings. The Morgan fingerprint density at radius 2 is 1.82 bits per heavy atom. The SMILES string of the molecule is CCc1cccc(OCC(=O)NCc2ccc(OC)cc2)c1. The molecule has 4 nitrogen and oxygen atoms in total. The van der Waals surface area contributed by atoms with Crippen molar-refractivity contribution in [2.24, 2.45) is 0 Å². The molecule has 0 aliphatic heterocycles. The zero-order chi connectivity index (χ0) is 15.8. The van der Waals surface area contributed by atoms with Crippen LogP contribution < -0.4 is 14.8 Å². The number of rotatable bonds is 7. The van der Waals surface area contributed by atoms with E-state index in [1.807, 2.05) is 48.5 Å². The summed E-state index contributed by atoms with van der Waals surface area (Å²) in [6.07, 6.45) is 0.945. The summed E-state index contributed by atoms with van der Waals surface area (Å²) in [4.78, 5) is 11.8. The quantitative estimate of drug-likeness (QED) is 0.855. The molecule has 0 spiro atoms. The van der Waals surface area contributed by atoms with Crippen molar-refractivity contribution in [2.45, 2.75) is 19.9 Å². The van der Waals surface area contributed by atoms with Crippen LogP contribution in [0.25, 0.3) is 0 Å². The van der Waals surface area contributed by atoms with Crippen molar-refractivity contribution in [3.63, 3.8) is 0 Å². The molecule has 1 amide bonds. The average molecular weight is 299 g/mol. The molecule has 0 radical (unpaired) electrons. The minimum atomic E-state index is -0.141. The normalized spacial score (nSPS) is 10.1. The van der Waals surface area contributed by atoms with Crippen LogP contribution in [-0.2, 0) is 17.8 Å². The van der Waals surface area contributed by atoms with Gasteiger partial charge in [0.05, 0.1) is 7.11 Å². The van der Waals surface area contributed by atoms with Crippen molar-refractivity contribution in [1.29, 1.82) is 0 Å². The second kappa shape index (κ2) is 8.08. The number of aryl methyl sites for hydroxylation is 1. The summed E-state index contributed by atoms with van der Waals surface area (Å²) in [7, 11) is 1.63. The molecule has 0 unspecified atom stereocenters. The Kier molecular flexibility index (Phi) is 5.83. The van der Waals surface area contributed by atoms with Crippen molar-refractivity contribution in [1.82, 2.24) is 5.32 Å². The summed E-state index contributed by atoms with van der Waals surface area (Å²) in [6.45, 7) is 2.57. The molecule has 116 valence electrons. The number of carbonyl (C=O) groups is 1. The van der Waals surface area contributed by atoms with E-state index in [0.717, 1.165) is 23.5 Å². The predicted molar refractivity (Wildman–Crippen MR) is 86.2 cm³/mol. The molecule has 4 heteroatoms. The summed E-state index contributed by atoms with van der Waals surface area (Å²) in [5.74, 6) is 1.38. The second-order valence-corrected chi connectivity index (χ2v) is 4.91. The van der Waals surface area contributed by atoms with Gasteiger partial charge in [0.1, 0.15) is 11.5 Å². The lowest BCUT2D eigenvalue weighted by atomic mass is 10.2. The first-order valence-electron chi connectivity index (χ1n) is 7.32. The summed E-state index contributed by atoms with van der Waals surface area (Å²) in [5, 5.41) is 2.83. The lowest BCUT2D eigenvalue weighted by Crippen LogP contribution is -2.28. The van der Waals surface area contributed by atoms with E-state index in [4.69, 9.17) is 9.47 Å². The summed E-state index contributed by atoms with van der Waals surface area (Å²) in [6, 6.07) is 15.4. The molecule has 0 aromatic heterocycles. The third-order valence-corrected chi connectivity index (χ3v) is 3.33. The van der Waals surface area contributed by atoms with E-state index in [9.17, 15) is 4.79 Å². The lowest BCUT2D eigenvalue weighted by molar-refractivity contribution is -0.123. The maximum Gasteiger partial charge on any atom is 0.258 e. The van der Waals surface area contributed by atoms with Gasteiger partial charge in [0.25, 0.3) is 5.91 Å². The molecule has 1 N–H and O–H groups in total. The number of hydrogen-bond donors (Lipinski definition) is 1. The Bertz CT molecular complexity index is 608. The smallest absolute Gasteiger partial charge is 0.258 e. The van der Waals surface area contributed by atoms with E-state index >= 15 is 0 Å². The Morgan fingerprint density at radius 3 is 2.50 bits per heavy atom. The first-order chi connectivity index (χ1) is 10.7. The van der Waals surface area contributed by atoms with E-state index in [1.165, 1.54) is 5.56 Å². The number of methoxy groups -OCH3 is 1. The van der Waals surface area contributed by atoms with Crippen molar-refractivity contribution in [2.75, 3.05) is 13.7 Å². The number of benzene rings is 2. The van der Waals surface area contributed by atoms with Crippen LogP contribution in [0.15, 0.2) is 48.5 Å². The third kappa shape index (κ3) is 4.81. The van der Waals surface area contributed by atoms with Gasteiger partial charge in [0.2, 0.25) is 0 Å².